The number of halogens is 1. The standard InChI is InChI=1S/C23H22FN3O/c24-19-11-13-20(14-12-19)25-15-17-26(18-16-25)23(28)27(21-7-3-1-4-8-21)22-9-5-2-6-10-22/h1-14H,15-18H2. The fraction of sp³-hybridized carbons (Fsp3) is 0.174. The number of rotatable bonds is 3. The number of anilines is 3. The van der Waals surface area contributed by atoms with Crippen molar-refractivity contribution in [1.29, 1.82) is 0 Å². The van der Waals surface area contributed by atoms with E-state index >= 15 is 0 Å². The van der Waals surface area contributed by atoms with Crippen molar-refractivity contribution in [3.05, 3.63) is 90.7 Å². The molecule has 0 aromatic heterocycles. The first kappa shape index (κ1) is 18.0. The molecule has 0 aliphatic carbocycles. The molecule has 1 saturated heterocycles. The summed E-state index contributed by atoms with van der Waals surface area (Å²) in [7, 11) is 0. The summed E-state index contributed by atoms with van der Waals surface area (Å²) in [6.45, 7) is 2.67. The van der Waals surface area contributed by atoms with Gasteiger partial charge in [-0.15, -0.1) is 0 Å². The van der Waals surface area contributed by atoms with E-state index in [1.54, 1.807) is 17.0 Å². The lowest BCUT2D eigenvalue weighted by atomic mass is 10.2. The Balaban J connectivity index is 1.51. The van der Waals surface area contributed by atoms with Crippen LogP contribution in [-0.2, 0) is 0 Å². The fourth-order valence-corrected chi connectivity index (χ4v) is 3.47. The molecule has 3 aromatic rings. The lowest BCUT2D eigenvalue weighted by molar-refractivity contribution is 0.203. The van der Waals surface area contributed by atoms with E-state index in [-0.39, 0.29) is 11.8 Å². The highest BCUT2D eigenvalue weighted by Gasteiger charge is 2.27. The highest BCUT2D eigenvalue weighted by atomic mass is 19.1. The average molecular weight is 375 g/mol. The quantitative estimate of drug-likeness (QED) is 0.651. The molecule has 4 rings (SSSR count). The number of piperazine rings is 1. The van der Waals surface area contributed by atoms with Gasteiger partial charge < -0.3 is 9.80 Å². The molecule has 0 bridgehead atoms. The van der Waals surface area contributed by atoms with Crippen LogP contribution in [0.25, 0.3) is 0 Å². The zero-order valence-electron chi connectivity index (χ0n) is 15.5. The molecule has 28 heavy (non-hydrogen) atoms. The third-order valence-corrected chi connectivity index (χ3v) is 4.96. The number of nitrogens with zero attached hydrogens (tertiary/aromatic N) is 3. The molecule has 0 atom stereocenters. The van der Waals surface area contributed by atoms with E-state index < -0.39 is 0 Å². The molecule has 0 spiro atoms. The Bertz CT molecular complexity index is 868. The molecule has 142 valence electrons. The zero-order chi connectivity index (χ0) is 19.3. The van der Waals surface area contributed by atoms with E-state index in [0.29, 0.717) is 13.1 Å². The summed E-state index contributed by atoms with van der Waals surface area (Å²) < 4.78 is 13.2. The van der Waals surface area contributed by atoms with Gasteiger partial charge in [-0.1, -0.05) is 36.4 Å². The van der Waals surface area contributed by atoms with E-state index in [0.717, 1.165) is 30.2 Å². The molecule has 4 nitrogen and oxygen atoms in total. The minimum Gasteiger partial charge on any atom is -0.368 e. The number of urea groups is 1. The topological polar surface area (TPSA) is 26.8 Å². The van der Waals surface area contributed by atoms with Gasteiger partial charge in [0, 0.05) is 31.9 Å². The number of para-hydroxylation sites is 2. The monoisotopic (exact) mass is 375 g/mol. The Morgan fingerprint density at radius 1 is 0.714 bits per heavy atom. The van der Waals surface area contributed by atoms with Crippen molar-refractivity contribution in [3.63, 3.8) is 0 Å². The molecular formula is C23H22FN3O. The van der Waals surface area contributed by atoms with Gasteiger partial charge in [0.05, 0.1) is 11.4 Å². The maximum absolute atomic E-state index is 13.4. The Morgan fingerprint density at radius 3 is 1.71 bits per heavy atom. The lowest BCUT2D eigenvalue weighted by Gasteiger charge is -2.38. The fourth-order valence-electron chi connectivity index (χ4n) is 3.47. The summed E-state index contributed by atoms with van der Waals surface area (Å²) in [5.74, 6) is -0.237. The van der Waals surface area contributed by atoms with Crippen molar-refractivity contribution >= 4 is 23.1 Å². The predicted molar refractivity (Wildman–Crippen MR) is 111 cm³/mol. The first-order valence-corrected chi connectivity index (χ1v) is 9.42. The highest BCUT2D eigenvalue weighted by molar-refractivity contribution is 5.99. The maximum Gasteiger partial charge on any atom is 0.329 e. The Kier molecular flexibility index (Phi) is 5.24. The number of carbonyl (C=O) groups excluding carboxylic acids is 1. The van der Waals surface area contributed by atoms with Crippen molar-refractivity contribution < 1.29 is 9.18 Å². The molecule has 5 heteroatoms. The second-order valence-corrected chi connectivity index (χ2v) is 6.74. The summed E-state index contributed by atoms with van der Waals surface area (Å²) in [5, 5.41) is 0. The molecule has 1 heterocycles. The van der Waals surface area contributed by atoms with Gasteiger partial charge in [0.15, 0.2) is 0 Å². The van der Waals surface area contributed by atoms with Gasteiger partial charge in [-0.25, -0.2) is 9.18 Å². The second kappa shape index (κ2) is 8.13. The molecular weight excluding hydrogens is 353 g/mol. The van der Waals surface area contributed by atoms with Crippen LogP contribution in [0, 0.1) is 5.82 Å². The van der Waals surface area contributed by atoms with Crippen LogP contribution in [-0.4, -0.2) is 37.1 Å². The van der Waals surface area contributed by atoms with E-state index in [2.05, 4.69) is 4.90 Å². The second-order valence-electron chi connectivity index (χ2n) is 6.74. The summed E-state index contributed by atoms with van der Waals surface area (Å²) in [6, 6.07) is 25.9. The molecule has 0 N–H and O–H groups in total. The highest BCUT2D eigenvalue weighted by Crippen LogP contribution is 2.27. The van der Waals surface area contributed by atoms with Crippen LogP contribution in [0.5, 0.6) is 0 Å². The lowest BCUT2D eigenvalue weighted by Crippen LogP contribution is -2.52. The van der Waals surface area contributed by atoms with Crippen LogP contribution in [0.15, 0.2) is 84.9 Å². The van der Waals surface area contributed by atoms with Gasteiger partial charge in [0.1, 0.15) is 5.82 Å². The van der Waals surface area contributed by atoms with Gasteiger partial charge in [0.25, 0.3) is 0 Å². The Morgan fingerprint density at radius 2 is 1.21 bits per heavy atom. The number of carbonyl (C=O) groups is 1. The molecule has 1 aliphatic rings. The third-order valence-electron chi connectivity index (χ3n) is 4.96. The van der Waals surface area contributed by atoms with Crippen LogP contribution in [0.2, 0.25) is 0 Å². The molecule has 3 aromatic carbocycles. The minimum absolute atomic E-state index is 0.0313. The van der Waals surface area contributed by atoms with E-state index in [1.165, 1.54) is 12.1 Å². The zero-order valence-corrected chi connectivity index (χ0v) is 15.5. The summed E-state index contributed by atoms with van der Waals surface area (Å²) >= 11 is 0. The Labute approximate surface area is 164 Å². The Hall–Kier alpha value is -3.34. The van der Waals surface area contributed by atoms with Gasteiger partial charge in [-0.05, 0) is 48.5 Å². The van der Waals surface area contributed by atoms with Crippen LogP contribution in [0.3, 0.4) is 0 Å². The van der Waals surface area contributed by atoms with Crippen LogP contribution in [0.4, 0.5) is 26.2 Å². The minimum atomic E-state index is -0.237. The van der Waals surface area contributed by atoms with E-state index in [4.69, 9.17) is 0 Å². The van der Waals surface area contributed by atoms with Gasteiger partial charge in [0.2, 0.25) is 0 Å². The van der Waals surface area contributed by atoms with Gasteiger partial charge >= 0.3 is 6.03 Å². The summed E-state index contributed by atoms with van der Waals surface area (Å²) in [6.07, 6.45) is 0. The predicted octanol–water partition coefficient (Wildman–Crippen LogP) is 4.91. The molecule has 0 radical (unpaired) electrons. The van der Waals surface area contributed by atoms with Gasteiger partial charge in [-0.3, -0.25) is 4.90 Å². The van der Waals surface area contributed by atoms with E-state index in [1.807, 2.05) is 65.6 Å². The molecule has 2 amide bonds. The number of hydrogen-bond acceptors (Lipinski definition) is 2. The molecule has 1 aliphatic heterocycles. The largest absolute Gasteiger partial charge is 0.368 e. The molecule has 0 unspecified atom stereocenters. The van der Waals surface area contributed by atoms with Crippen molar-refractivity contribution in [2.24, 2.45) is 0 Å². The first-order chi connectivity index (χ1) is 13.7. The molecule has 0 saturated carbocycles. The summed E-state index contributed by atoms with van der Waals surface area (Å²) in [4.78, 5) is 19.2. The first-order valence-electron chi connectivity index (χ1n) is 9.42. The number of benzene rings is 3. The van der Waals surface area contributed by atoms with Crippen molar-refractivity contribution in [1.82, 2.24) is 4.90 Å². The van der Waals surface area contributed by atoms with Crippen LogP contribution in [0.1, 0.15) is 0 Å². The SMILES string of the molecule is O=C(N1CCN(c2ccc(F)cc2)CC1)N(c1ccccc1)c1ccccc1. The smallest absolute Gasteiger partial charge is 0.329 e. The van der Waals surface area contributed by atoms with Crippen LogP contribution < -0.4 is 9.80 Å². The maximum atomic E-state index is 13.4. The van der Waals surface area contributed by atoms with E-state index in [9.17, 15) is 9.18 Å². The van der Waals surface area contributed by atoms with Crippen molar-refractivity contribution in [2.75, 3.05) is 36.0 Å². The van der Waals surface area contributed by atoms with Crippen molar-refractivity contribution in [2.45, 2.75) is 0 Å². The van der Waals surface area contributed by atoms with Crippen LogP contribution >= 0.6 is 0 Å². The third kappa shape index (κ3) is 3.83. The number of amides is 2. The number of hydrogen-bond donors (Lipinski definition) is 0. The normalized spacial score (nSPS) is 14.0. The molecule has 1 fully saturated rings. The summed E-state index contributed by atoms with van der Waals surface area (Å²) in [5.41, 5.74) is 2.68. The van der Waals surface area contributed by atoms with Crippen molar-refractivity contribution in [3.8, 4) is 0 Å². The average Bonchev–Trinajstić information content (AvgIpc) is 2.76. The van der Waals surface area contributed by atoms with Gasteiger partial charge in [-0.2, -0.15) is 0 Å².